The Labute approximate surface area is 198 Å². The number of likely N-dealkylation sites (N-methyl/N-ethyl adjacent to an activating group) is 1. The molecule has 0 bridgehead atoms. The van der Waals surface area contributed by atoms with E-state index in [4.69, 9.17) is 0 Å². The highest BCUT2D eigenvalue weighted by Gasteiger charge is 2.34. The van der Waals surface area contributed by atoms with E-state index in [-0.39, 0.29) is 30.3 Å². The molecule has 3 atom stereocenters. The molecular formula is C23H32N3O7P. The SMILES string of the molecule is CN[C@H](C(=O)N[C@@H](Cc1ccc(O)cc1)C(=O)N[C@@H](Cc1ccc(O)cc1)P(=O)(O)O)C(C)C. The fraction of sp³-hybridized carbons (Fsp3) is 0.391. The van der Waals surface area contributed by atoms with Crippen LogP contribution in [0.5, 0.6) is 11.5 Å². The van der Waals surface area contributed by atoms with Gasteiger partial charge < -0.3 is 36.0 Å². The molecule has 0 aliphatic heterocycles. The number of rotatable bonds is 11. The summed E-state index contributed by atoms with van der Waals surface area (Å²) in [5.74, 6) is -2.75. The van der Waals surface area contributed by atoms with Crippen LogP contribution in [-0.2, 0) is 27.0 Å². The number of phenolic OH excluding ortho intramolecular Hbond substituents is 2. The first-order valence-electron chi connectivity index (χ1n) is 10.8. The summed E-state index contributed by atoms with van der Waals surface area (Å²) < 4.78 is 12.1. The number of amides is 2. The third-order valence-corrected chi connectivity index (χ3v) is 6.47. The Morgan fingerprint density at radius 2 is 1.29 bits per heavy atom. The molecule has 0 fully saturated rings. The van der Waals surface area contributed by atoms with Gasteiger partial charge in [0, 0.05) is 12.8 Å². The first-order chi connectivity index (χ1) is 15.9. The molecule has 2 aromatic rings. The van der Waals surface area contributed by atoms with Gasteiger partial charge in [0.1, 0.15) is 23.3 Å². The second-order valence-electron chi connectivity index (χ2n) is 8.43. The van der Waals surface area contributed by atoms with E-state index in [9.17, 15) is 34.2 Å². The lowest BCUT2D eigenvalue weighted by atomic mass is 10.0. The van der Waals surface area contributed by atoms with E-state index < -0.39 is 37.3 Å². The first-order valence-corrected chi connectivity index (χ1v) is 12.5. The summed E-state index contributed by atoms with van der Waals surface area (Å²) in [6.07, 6.45) is -0.138. The van der Waals surface area contributed by atoms with Crippen molar-refractivity contribution in [2.45, 2.75) is 44.6 Å². The topological polar surface area (TPSA) is 168 Å². The summed E-state index contributed by atoms with van der Waals surface area (Å²) in [5, 5.41) is 26.9. The molecular weight excluding hydrogens is 461 g/mol. The van der Waals surface area contributed by atoms with Crippen molar-refractivity contribution in [1.29, 1.82) is 0 Å². The fourth-order valence-corrected chi connectivity index (χ4v) is 4.22. The van der Waals surface area contributed by atoms with Gasteiger partial charge in [-0.1, -0.05) is 38.1 Å². The zero-order valence-electron chi connectivity index (χ0n) is 19.3. The van der Waals surface area contributed by atoms with Crippen LogP contribution < -0.4 is 16.0 Å². The number of phenols is 2. The second kappa shape index (κ2) is 12.0. The van der Waals surface area contributed by atoms with Crippen molar-refractivity contribution >= 4 is 19.4 Å². The van der Waals surface area contributed by atoms with Crippen molar-refractivity contribution in [3.05, 3.63) is 59.7 Å². The lowest BCUT2D eigenvalue weighted by Crippen LogP contribution is -2.55. The monoisotopic (exact) mass is 493 g/mol. The second-order valence-corrected chi connectivity index (χ2v) is 10.2. The molecule has 0 saturated carbocycles. The van der Waals surface area contributed by atoms with E-state index in [1.54, 1.807) is 19.2 Å². The number of hydrogen-bond acceptors (Lipinski definition) is 6. The summed E-state index contributed by atoms with van der Waals surface area (Å²) in [5.41, 5.74) is 1.13. The summed E-state index contributed by atoms with van der Waals surface area (Å²) >= 11 is 0. The van der Waals surface area contributed by atoms with Crippen LogP contribution in [0.2, 0.25) is 0 Å². The van der Waals surface area contributed by atoms with Gasteiger partial charge in [0.15, 0.2) is 0 Å². The Hall–Kier alpha value is -2.91. The van der Waals surface area contributed by atoms with Crippen molar-refractivity contribution in [3.63, 3.8) is 0 Å². The maximum Gasteiger partial charge on any atom is 0.347 e. The predicted molar refractivity (Wildman–Crippen MR) is 127 cm³/mol. The smallest absolute Gasteiger partial charge is 0.347 e. The van der Waals surface area contributed by atoms with Crippen LogP contribution in [0.3, 0.4) is 0 Å². The maximum absolute atomic E-state index is 13.2. The molecule has 0 aromatic heterocycles. The molecule has 0 unspecified atom stereocenters. The minimum Gasteiger partial charge on any atom is -0.508 e. The Morgan fingerprint density at radius 3 is 1.71 bits per heavy atom. The standard InChI is InChI=1S/C23H32N3O7P/c1-14(2)21(24-3)23(30)25-19(12-15-4-8-17(27)9-5-15)22(29)26-20(34(31,32)33)13-16-6-10-18(28)11-7-16/h4-11,14,19-21,24,27-28H,12-13H2,1-3H3,(H,25,30)(H,26,29)(H2,31,32,33)/t19-,20+,21-/m0/s1. The summed E-state index contributed by atoms with van der Waals surface area (Å²) in [6.45, 7) is 3.69. The van der Waals surface area contributed by atoms with E-state index in [1.165, 1.54) is 36.4 Å². The highest BCUT2D eigenvalue weighted by atomic mass is 31.2. The van der Waals surface area contributed by atoms with Gasteiger partial charge >= 0.3 is 7.60 Å². The molecule has 0 saturated heterocycles. The van der Waals surface area contributed by atoms with Gasteiger partial charge in [-0.05, 0) is 48.4 Å². The van der Waals surface area contributed by atoms with Gasteiger partial charge in [0.2, 0.25) is 11.8 Å². The zero-order valence-corrected chi connectivity index (χ0v) is 20.2. The van der Waals surface area contributed by atoms with Crippen LogP contribution in [-0.4, -0.2) is 56.7 Å². The van der Waals surface area contributed by atoms with Crippen molar-refractivity contribution in [3.8, 4) is 11.5 Å². The lowest BCUT2D eigenvalue weighted by molar-refractivity contribution is -0.130. The molecule has 10 nitrogen and oxygen atoms in total. The van der Waals surface area contributed by atoms with E-state index in [2.05, 4.69) is 16.0 Å². The molecule has 34 heavy (non-hydrogen) atoms. The predicted octanol–water partition coefficient (Wildman–Crippen LogP) is 1.23. The molecule has 2 aromatic carbocycles. The quantitative estimate of drug-likeness (QED) is 0.229. The molecule has 186 valence electrons. The molecule has 0 aliphatic rings. The van der Waals surface area contributed by atoms with E-state index in [0.717, 1.165) is 0 Å². The van der Waals surface area contributed by atoms with Gasteiger partial charge in [-0.25, -0.2) is 0 Å². The van der Waals surface area contributed by atoms with Crippen LogP contribution in [0.4, 0.5) is 0 Å². The molecule has 2 amide bonds. The van der Waals surface area contributed by atoms with Crippen LogP contribution in [0.1, 0.15) is 25.0 Å². The van der Waals surface area contributed by atoms with Crippen LogP contribution in [0, 0.1) is 5.92 Å². The Balaban J connectivity index is 2.27. The molecule has 2 rings (SSSR count). The van der Waals surface area contributed by atoms with Gasteiger partial charge in [0.25, 0.3) is 0 Å². The average Bonchev–Trinajstić information content (AvgIpc) is 2.75. The zero-order chi connectivity index (χ0) is 25.5. The van der Waals surface area contributed by atoms with Crippen molar-refractivity contribution in [1.82, 2.24) is 16.0 Å². The Morgan fingerprint density at radius 1 is 0.824 bits per heavy atom. The molecule has 7 N–H and O–H groups in total. The number of carbonyl (C=O) groups is 2. The number of nitrogens with one attached hydrogen (secondary N) is 3. The fourth-order valence-electron chi connectivity index (χ4n) is 3.48. The minimum absolute atomic E-state index is 0.00132. The summed E-state index contributed by atoms with van der Waals surface area (Å²) in [4.78, 5) is 45.7. The van der Waals surface area contributed by atoms with Crippen molar-refractivity contribution in [2.24, 2.45) is 5.92 Å². The minimum atomic E-state index is -4.76. The van der Waals surface area contributed by atoms with Gasteiger partial charge in [0.05, 0.1) is 6.04 Å². The largest absolute Gasteiger partial charge is 0.508 e. The number of aromatic hydroxyl groups is 2. The summed E-state index contributed by atoms with van der Waals surface area (Å²) in [7, 11) is -3.14. The molecule has 0 heterocycles. The lowest BCUT2D eigenvalue weighted by Gasteiger charge is -2.27. The average molecular weight is 493 g/mol. The number of benzene rings is 2. The molecule has 0 spiro atoms. The van der Waals surface area contributed by atoms with Crippen molar-refractivity contribution < 1.29 is 34.2 Å². The third-order valence-electron chi connectivity index (χ3n) is 5.35. The van der Waals surface area contributed by atoms with E-state index in [0.29, 0.717) is 11.1 Å². The third kappa shape index (κ3) is 8.14. The number of carbonyl (C=O) groups excluding carboxylic acids is 2. The van der Waals surface area contributed by atoms with Crippen LogP contribution in [0.25, 0.3) is 0 Å². The highest BCUT2D eigenvalue weighted by molar-refractivity contribution is 7.52. The normalized spacial score (nSPS) is 14.3. The molecule has 11 heteroatoms. The van der Waals surface area contributed by atoms with Crippen LogP contribution in [0.15, 0.2) is 48.5 Å². The Kier molecular flexibility index (Phi) is 9.64. The van der Waals surface area contributed by atoms with E-state index in [1.807, 2.05) is 13.8 Å². The molecule has 0 aliphatic carbocycles. The highest BCUT2D eigenvalue weighted by Crippen LogP contribution is 2.41. The number of hydrogen-bond donors (Lipinski definition) is 7. The van der Waals surface area contributed by atoms with E-state index >= 15 is 0 Å². The van der Waals surface area contributed by atoms with Gasteiger partial charge in [-0.15, -0.1) is 0 Å². The Bertz CT molecular complexity index is 1010. The maximum atomic E-state index is 13.2. The molecule has 0 radical (unpaired) electrons. The first kappa shape index (κ1) is 27.3. The van der Waals surface area contributed by atoms with Gasteiger partial charge in [-0.3, -0.25) is 14.2 Å². The van der Waals surface area contributed by atoms with Crippen molar-refractivity contribution in [2.75, 3.05) is 7.05 Å². The van der Waals surface area contributed by atoms with Gasteiger partial charge in [-0.2, -0.15) is 0 Å². The summed E-state index contributed by atoms with van der Waals surface area (Å²) in [6, 6.07) is 10.1. The van der Waals surface area contributed by atoms with Crippen LogP contribution >= 0.6 is 7.60 Å².